The van der Waals surface area contributed by atoms with Gasteiger partial charge in [-0.25, -0.2) is 13.8 Å². The minimum atomic E-state index is -2.69. The first-order valence-electron chi connectivity index (χ1n) is 3.41. The van der Waals surface area contributed by atoms with Gasteiger partial charge in [-0.1, -0.05) is 0 Å². The first-order valence-corrected chi connectivity index (χ1v) is 3.41. The highest BCUT2D eigenvalue weighted by Gasteiger charge is 2.17. The van der Waals surface area contributed by atoms with Gasteiger partial charge in [-0.2, -0.15) is 5.26 Å². The molecule has 0 amide bonds. The Balaban J connectivity index is 3.29. The fraction of sp³-hybridized carbons (Fsp3) is 0.250. The summed E-state index contributed by atoms with van der Waals surface area (Å²) in [6.45, 7) is 0. The van der Waals surface area contributed by atoms with Gasteiger partial charge in [-0.3, -0.25) is 0 Å². The molecule has 0 unspecified atom stereocenters. The molecule has 0 saturated heterocycles. The van der Waals surface area contributed by atoms with E-state index in [1.807, 2.05) is 0 Å². The molecule has 1 rings (SSSR count). The number of rotatable bonds is 2. The number of hydrogen-bond acceptors (Lipinski definition) is 3. The average Bonchev–Trinajstić information content (AvgIpc) is 2.16. The summed E-state index contributed by atoms with van der Waals surface area (Å²) in [4.78, 5) is 3.63. The molecular formula is C8H6F2N2O. The Kier molecular flexibility index (Phi) is 2.75. The van der Waals surface area contributed by atoms with Crippen molar-refractivity contribution in [1.29, 1.82) is 5.26 Å². The van der Waals surface area contributed by atoms with Gasteiger partial charge in [0, 0.05) is 11.8 Å². The zero-order valence-corrected chi connectivity index (χ0v) is 6.79. The maximum atomic E-state index is 12.3. The Labute approximate surface area is 73.6 Å². The minimum absolute atomic E-state index is 0.0692. The number of alkyl halides is 2. The van der Waals surface area contributed by atoms with Crippen LogP contribution in [0.3, 0.4) is 0 Å². The number of aromatic nitrogens is 1. The zero-order valence-electron chi connectivity index (χ0n) is 6.79. The van der Waals surface area contributed by atoms with Crippen LogP contribution in [0.25, 0.3) is 0 Å². The van der Waals surface area contributed by atoms with Crippen LogP contribution in [-0.4, -0.2) is 12.1 Å². The Morgan fingerprint density at radius 2 is 2.31 bits per heavy atom. The molecule has 0 fully saturated rings. The van der Waals surface area contributed by atoms with Gasteiger partial charge in [0.15, 0.2) is 0 Å². The van der Waals surface area contributed by atoms with Crippen molar-refractivity contribution in [2.45, 2.75) is 6.43 Å². The van der Waals surface area contributed by atoms with Crippen molar-refractivity contribution < 1.29 is 13.5 Å². The van der Waals surface area contributed by atoms with Crippen LogP contribution in [0.4, 0.5) is 8.78 Å². The number of hydrogen-bond donors (Lipinski definition) is 0. The van der Waals surface area contributed by atoms with Crippen LogP contribution in [0.15, 0.2) is 12.3 Å². The Bertz CT molecular complexity index is 346. The quantitative estimate of drug-likeness (QED) is 0.705. The van der Waals surface area contributed by atoms with Crippen LogP contribution in [0, 0.1) is 11.3 Å². The molecule has 0 aromatic carbocycles. The zero-order chi connectivity index (χ0) is 9.84. The summed E-state index contributed by atoms with van der Waals surface area (Å²) in [7, 11) is 1.28. The van der Waals surface area contributed by atoms with Crippen LogP contribution in [0.5, 0.6) is 5.88 Å². The van der Waals surface area contributed by atoms with E-state index in [-0.39, 0.29) is 17.0 Å². The highest BCUT2D eigenvalue weighted by Crippen LogP contribution is 2.26. The lowest BCUT2D eigenvalue weighted by molar-refractivity contribution is 0.150. The van der Waals surface area contributed by atoms with E-state index in [0.29, 0.717) is 0 Å². The third kappa shape index (κ3) is 1.72. The summed E-state index contributed by atoms with van der Waals surface area (Å²) in [5, 5.41) is 8.58. The highest BCUT2D eigenvalue weighted by atomic mass is 19.3. The van der Waals surface area contributed by atoms with Crippen molar-refractivity contribution in [1.82, 2.24) is 4.98 Å². The second-order valence-electron chi connectivity index (χ2n) is 2.20. The van der Waals surface area contributed by atoms with Crippen molar-refractivity contribution in [2.75, 3.05) is 7.11 Å². The van der Waals surface area contributed by atoms with E-state index in [0.717, 1.165) is 6.07 Å². The molecule has 0 aliphatic rings. The maximum absolute atomic E-state index is 12.3. The number of halogens is 2. The van der Waals surface area contributed by atoms with Crippen LogP contribution < -0.4 is 4.74 Å². The lowest BCUT2D eigenvalue weighted by atomic mass is 10.1. The summed E-state index contributed by atoms with van der Waals surface area (Å²) >= 11 is 0. The van der Waals surface area contributed by atoms with Crippen molar-refractivity contribution in [3.05, 3.63) is 23.4 Å². The fourth-order valence-electron chi connectivity index (χ4n) is 0.906. The fourth-order valence-corrected chi connectivity index (χ4v) is 0.906. The summed E-state index contributed by atoms with van der Waals surface area (Å²) in [6.07, 6.45) is -1.51. The van der Waals surface area contributed by atoms with Gasteiger partial charge in [-0.15, -0.1) is 0 Å². The topological polar surface area (TPSA) is 45.9 Å². The molecule has 1 heterocycles. The second-order valence-corrected chi connectivity index (χ2v) is 2.20. The summed E-state index contributed by atoms with van der Waals surface area (Å²) in [6, 6.07) is 2.73. The molecule has 1 aromatic heterocycles. The Morgan fingerprint density at radius 3 is 2.77 bits per heavy atom. The predicted molar refractivity (Wildman–Crippen MR) is 40.5 cm³/mol. The lowest BCUT2D eigenvalue weighted by Gasteiger charge is -2.05. The molecule has 0 aliphatic carbocycles. The summed E-state index contributed by atoms with van der Waals surface area (Å²) < 4.78 is 29.3. The van der Waals surface area contributed by atoms with Gasteiger partial charge in [0.05, 0.1) is 7.11 Å². The van der Waals surface area contributed by atoms with Gasteiger partial charge in [0.2, 0.25) is 5.88 Å². The molecule has 0 bridgehead atoms. The summed E-state index contributed by atoms with van der Waals surface area (Å²) in [5.41, 5.74) is -0.561. The maximum Gasteiger partial charge on any atom is 0.265 e. The number of pyridine rings is 1. The molecule has 0 spiro atoms. The smallest absolute Gasteiger partial charge is 0.265 e. The molecule has 0 saturated carbocycles. The van der Waals surface area contributed by atoms with Crippen LogP contribution >= 0.6 is 0 Å². The van der Waals surface area contributed by atoms with Crippen LogP contribution in [-0.2, 0) is 0 Å². The molecule has 0 N–H and O–H groups in total. The standard InChI is InChI=1S/C8H6F2N2O/c1-13-8-6(4-11)5(7(9)10)2-3-12-8/h2-3,7H,1H3. The third-order valence-corrected chi connectivity index (χ3v) is 1.49. The highest BCUT2D eigenvalue weighted by molar-refractivity contribution is 5.44. The lowest BCUT2D eigenvalue weighted by Crippen LogP contribution is -1.97. The molecule has 3 nitrogen and oxygen atoms in total. The van der Waals surface area contributed by atoms with Crippen LogP contribution in [0.1, 0.15) is 17.6 Å². The van der Waals surface area contributed by atoms with E-state index in [1.54, 1.807) is 6.07 Å². The van der Waals surface area contributed by atoms with E-state index in [2.05, 4.69) is 9.72 Å². The van der Waals surface area contributed by atoms with Gasteiger partial charge in [0.1, 0.15) is 11.6 Å². The molecule has 0 radical (unpaired) electrons. The molecule has 1 aromatic rings. The number of methoxy groups -OCH3 is 1. The monoisotopic (exact) mass is 184 g/mol. The molecule has 0 atom stereocenters. The number of nitriles is 1. The van der Waals surface area contributed by atoms with E-state index >= 15 is 0 Å². The van der Waals surface area contributed by atoms with Crippen molar-refractivity contribution in [2.24, 2.45) is 0 Å². The van der Waals surface area contributed by atoms with Gasteiger partial charge in [-0.05, 0) is 6.07 Å². The predicted octanol–water partition coefficient (Wildman–Crippen LogP) is 1.90. The first-order chi connectivity index (χ1) is 6.20. The van der Waals surface area contributed by atoms with E-state index in [9.17, 15) is 8.78 Å². The normalized spacial score (nSPS) is 9.77. The minimum Gasteiger partial charge on any atom is -0.480 e. The largest absolute Gasteiger partial charge is 0.480 e. The number of nitrogens with zero attached hydrogens (tertiary/aromatic N) is 2. The third-order valence-electron chi connectivity index (χ3n) is 1.49. The Hall–Kier alpha value is -1.70. The van der Waals surface area contributed by atoms with Crippen molar-refractivity contribution >= 4 is 0 Å². The van der Waals surface area contributed by atoms with E-state index in [1.165, 1.54) is 13.3 Å². The van der Waals surface area contributed by atoms with Crippen molar-refractivity contribution in [3.63, 3.8) is 0 Å². The average molecular weight is 184 g/mol. The Morgan fingerprint density at radius 1 is 1.62 bits per heavy atom. The molecule has 13 heavy (non-hydrogen) atoms. The molecular weight excluding hydrogens is 178 g/mol. The molecule has 5 heteroatoms. The van der Waals surface area contributed by atoms with E-state index < -0.39 is 6.43 Å². The second kappa shape index (κ2) is 3.81. The SMILES string of the molecule is COc1nccc(C(F)F)c1C#N. The van der Waals surface area contributed by atoms with E-state index in [4.69, 9.17) is 5.26 Å². The summed E-state index contributed by atoms with van der Waals surface area (Å²) in [5.74, 6) is -0.0692. The van der Waals surface area contributed by atoms with Gasteiger partial charge >= 0.3 is 0 Å². The first kappa shape index (κ1) is 9.39. The number of ether oxygens (including phenoxy) is 1. The van der Waals surface area contributed by atoms with Crippen molar-refractivity contribution in [3.8, 4) is 11.9 Å². The van der Waals surface area contributed by atoms with Gasteiger partial charge in [0.25, 0.3) is 6.43 Å². The molecule has 68 valence electrons. The van der Waals surface area contributed by atoms with Gasteiger partial charge < -0.3 is 4.74 Å². The molecule has 0 aliphatic heterocycles. The van der Waals surface area contributed by atoms with Crippen LogP contribution in [0.2, 0.25) is 0 Å².